The van der Waals surface area contributed by atoms with Gasteiger partial charge in [-0.1, -0.05) is 0 Å². The van der Waals surface area contributed by atoms with Crippen molar-refractivity contribution in [1.82, 2.24) is 0 Å². The quantitative estimate of drug-likeness (QED) is 0.869. The highest BCUT2D eigenvalue weighted by atomic mass is 32.1. The van der Waals surface area contributed by atoms with Gasteiger partial charge in [-0.3, -0.25) is 4.79 Å². The minimum absolute atomic E-state index is 0.0293. The lowest BCUT2D eigenvalue weighted by Crippen LogP contribution is -2.23. The van der Waals surface area contributed by atoms with Gasteiger partial charge in [-0.15, -0.1) is 11.3 Å². The van der Waals surface area contributed by atoms with Crippen molar-refractivity contribution in [3.63, 3.8) is 0 Å². The summed E-state index contributed by atoms with van der Waals surface area (Å²) in [4.78, 5) is 13.2. The van der Waals surface area contributed by atoms with Crippen molar-refractivity contribution < 1.29 is 4.79 Å². The molecular formula is C13H20N2OS. The number of anilines is 1. The van der Waals surface area contributed by atoms with E-state index in [2.05, 4.69) is 12.2 Å². The molecule has 3 nitrogen and oxygen atoms in total. The number of rotatable bonds is 3. The predicted octanol–water partition coefficient (Wildman–Crippen LogP) is 2.61. The minimum Gasteiger partial charge on any atom is -0.327 e. The Kier molecular flexibility index (Phi) is 3.84. The van der Waals surface area contributed by atoms with Crippen molar-refractivity contribution in [2.24, 2.45) is 5.73 Å². The summed E-state index contributed by atoms with van der Waals surface area (Å²) in [5, 5.41) is 4.03. The summed E-state index contributed by atoms with van der Waals surface area (Å²) in [5.41, 5.74) is 8.36. The molecule has 0 spiro atoms. The summed E-state index contributed by atoms with van der Waals surface area (Å²) in [6, 6.07) is -0.0788. The first-order valence-electron chi connectivity index (χ1n) is 6.24. The van der Waals surface area contributed by atoms with Gasteiger partial charge in [-0.25, -0.2) is 0 Å². The number of hydrogen-bond donors (Lipinski definition) is 2. The Morgan fingerprint density at radius 2 is 2.18 bits per heavy atom. The van der Waals surface area contributed by atoms with Gasteiger partial charge in [0.05, 0.1) is 5.00 Å². The molecule has 94 valence electrons. The predicted molar refractivity (Wildman–Crippen MR) is 72.6 cm³/mol. The number of amides is 1. The molecule has 3 N–H and O–H groups in total. The SMILES string of the molecule is Cc1c(NC(=O)CC(C)N)sc2c1CCCC2. The largest absolute Gasteiger partial charge is 0.327 e. The number of nitrogens with two attached hydrogens (primary N) is 1. The first kappa shape index (κ1) is 12.6. The highest BCUT2D eigenvalue weighted by Crippen LogP contribution is 2.37. The lowest BCUT2D eigenvalue weighted by Gasteiger charge is -2.10. The van der Waals surface area contributed by atoms with Gasteiger partial charge < -0.3 is 11.1 Å². The summed E-state index contributed by atoms with van der Waals surface area (Å²) in [7, 11) is 0. The van der Waals surface area contributed by atoms with Crippen LogP contribution in [-0.4, -0.2) is 11.9 Å². The summed E-state index contributed by atoms with van der Waals surface area (Å²) in [5.74, 6) is 0.0293. The molecule has 1 unspecified atom stereocenters. The summed E-state index contributed by atoms with van der Waals surface area (Å²) in [6.07, 6.45) is 5.28. The fourth-order valence-electron chi connectivity index (χ4n) is 2.31. The van der Waals surface area contributed by atoms with E-state index in [-0.39, 0.29) is 11.9 Å². The second kappa shape index (κ2) is 5.19. The van der Waals surface area contributed by atoms with Crippen LogP contribution >= 0.6 is 11.3 Å². The number of carbonyl (C=O) groups is 1. The zero-order valence-electron chi connectivity index (χ0n) is 10.5. The first-order valence-corrected chi connectivity index (χ1v) is 7.06. The fourth-order valence-corrected chi connectivity index (χ4v) is 3.63. The summed E-state index contributed by atoms with van der Waals surface area (Å²) < 4.78 is 0. The Morgan fingerprint density at radius 1 is 1.47 bits per heavy atom. The van der Waals surface area contributed by atoms with E-state index in [1.807, 2.05) is 6.92 Å². The maximum Gasteiger partial charge on any atom is 0.226 e. The molecule has 1 atom stereocenters. The molecule has 0 aliphatic heterocycles. The Balaban J connectivity index is 2.11. The number of fused-ring (bicyclic) bond motifs is 1. The van der Waals surface area contributed by atoms with Crippen LogP contribution in [0.1, 0.15) is 42.2 Å². The molecule has 0 saturated heterocycles. The Morgan fingerprint density at radius 3 is 2.82 bits per heavy atom. The van der Waals surface area contributed by atoms with E-state index in [1.165, 1.54) is 41.7 Å². The molecule has 17 heavy (non-hydrogen) atoms. The number of thiophene rings is 1. The monoisotopic (exact) mass is 252 g/mol. The zero-order chi connectivity index (χ0) is 12.4. The van der Waals surface area contributed by atoms with Crippen molar-refractivity contribution >= 4 is 22.2 Å². The van der Waals surface area contributed by atoms with E-state index in [4.69, 9.17) is 5.73 Å². The van der Waals surface area contributed by atoms with Crippen LogP contribution < -0.4 is 11.1 Å². The standard InChI is InChI=1S/C13H20N2OS/c1-8(14)7-12(16)15-13-9(2)10-5-3-4-6-11(10)17-13/h8H,3-7,14H2,1-2H3,(H,15,16). The van der Waals surface area contributed by atoms with Crippen molar-refractivity contribution in [2.45, 2.75) is 52.0 Å². The van der Waals surface area contributed by atoms with E-state index in [0.29, 0.717) is 6.42 Å². The highest BCUT2D eigenvalue weighted by Gasteiger charge is 2.19. The van der Waals surface area contributed by atoms with Gasteiger partial charge in [0.2, 0.25) is 5.91 Å². The Bertz CT molecular complexity index is 423. The molecular weight excluding hydrogens is 232 g/mol. The molecule has 1 aromatic rings. The van der Waals surface area contributed by atoms with Crippen LogP contribution in [0.25, 0.3) is 0 Å². The van der Waals surface area contributed by atoms with Crippen LogP contribution in [-0.2, 0) is 17.6 Å². The molecule has 1 aliphatic rings. The normalized spacial score (nSPS) is 16.4. The third kappa shape index (κ3) is 2.87. The maximum absolute atomic E-state index is 11.7. The molecule has 4 heteroatoms. The molecule has 1 aromatic heterocycles. The van der Waals surface area contributed by atoms with E-state index in [9.17, 15) is 4.79 Å². The second-order valence-electron chi connectivity index (χ2n) is 4.89. The van der Waals surface area contributed by atoms with Crippen LogP contribution in [0.2, 0.25) is 0 Å². The molecule has 1 aliphatic carbocycles. The topological polar surface area (TPSA) is 55.1 Å². The maximum atomic E-state index is 11.7. The Hall–Kier alpha value is -0.870. The molecule has 1 heterocycles. The summed E-state index contributed by atoms with van der Waals surface area (Å²) in [6.45, 7) is 3.97. The van der Waals surface area contributed by atoms with Gasteiger partial charge in [0.25, 0.3) is 0 Å². The van der Waals surface area contributed by atoms with Crippen LogP contribution in [0, 0.1) is 6.92 Å². The van der Waals surface area contributed by atoms with E-state index in [1.54, 1.807) is 11.3 Å². The number of carbonyl (C=O) groups excluding carboxylic acids is 1. The molecule has 0 fully saturated rings. The van der Waals surface area contributed by atoms with Crippen molar-refractivity contribution in [2.75, 3.05) is 5.32 Å². The van der Waals surface area contributed by atoms with E-state index < -0.39 is 0 Å². The third-order valence-corrected chi connectivity index (χ3v) is 4.51. The fraction of sp³-hybridized carbons (Fsp3) is 0.615. The minimum atomic E-state index is -0.0788. The van der Waals surface area contributed by atoms with Crippen molar-refractivity contribution in [3.8, 4) is 0 Å². The molecule has 0 saturated carbocycles. The highest BCUT2D eigenvalue weighted by molar-refractivity contribution is 7.16. The Labute approximate surface area is 106 Å². The number of nitrogens with one attached hydrogen (secondary N) is 1. The average Bonchev–Trinajstić information content (AvgIpc) is 2.55. The second-order valence-corrected chi connectivity index (χ2v) is 6.00. The molecule has 2 rings (SSSR count). The zero-order valence-corrected chi connectivity index (χ0v) is 11.3. The average molecular weight is 252 g/mol. The number of hydrogen-bond acceptors (Lipinski definition) is 3. The molecule has 0 aromatic carbocycles. The van der Waals surface area contributed by atoms with Gasteiger partial charge >= 0.3 is 0 Å². The molecule has 0 radical (unpaired) electrons. The van der Waals surface area contributed by atoms with Crippen LogP contribution in [0.4, 0.5) is 5.00 Å². The van der Waals surface area contributed by atoms with Gasteiger partial charge in [0.15, 0.2) is 0 Å². The van der Waals surface area contributed by atoms with Crippen LogP contribution in [0.15, 0.2) is 0 Å². The van der Waals surface area contributed by atoms with Gasteiger partial charge in [-0.05, 0) is 50.7 Å². The smallest absolute Gasteiger partial charge is 0.226 e. The van der Waals surface area contributed by atoms with Crippen molar-refractivity contribution in [1.29, 1.82) is 0 Å². The van der Waals surface area contributed by atoms with E-state index >= 15 is 0 Å². The van der Waals surface area contributed by atoms with Gasteiger partial charge in [0.1, 0.15) is 0 Å². The summed E-state index contributed by atoms with van der Waals surface area (Å²) >= 11 is 1.74. The van der Waals surface area contributed by atoms with Gasteiger partial charge in [0, 0.05) is 17.3 Å². The molecule has 1 amide bonds. The van der Waals surface area contributed by atoms with Crippen LogP contribution in [0.3, 0.4) is 0 Å². The first-order chi connectivity index (χ1) is 8.08. The van der Waals surface area contributed by atoms with E-state index in [0.717, 1.165) is 5.00 Å². The lowest BCUT2D eigenvalue weighted by atomic mass is 9.96. The third-order valence-electron chi connectivity index (χ3n) is 3.20. The lowest BCUT2D eigenvalue weighted by molar-refractivity contribution is -0.116. The van der Waals surface area contributed by atoms with Gasteiger partial charge in [-0.2, -0.15) is 0 Å². The molecule has 0 bridgehead atoms. The number of aryl methyl sites for hydroxylation is 1. The van der Waals surface area contributed by atoms with Crippen LogP contribution in [0.5, 0.6) is 0 Å². The van der Waals surface area contributed by atoms with Crippen molar-refractivity contribution in [3.05, 3.63) is 16.0 Å².